The molecule has 0 unspecified atom stereocenters. The number of nitrogens with one attached hydrogen (secondary N) is 1. The molecule has 0 fully saturated rings. The van der Waals surface area contributed by atoms with Crippen LogP contribution in [0.1, 0.15) is 12.0 Å². The maximum atomic E-state index is 11.5. The number of aliphatic hydroxyl groups excluding tert-OH is 1. The Bertz CT molecular complexity index is 347. The fraction of sp³-hybridized carbons (Fsp3) is 0.462. The highest BCUT2D eigenvalue weighted by molar-refractivity contribution is 5.90. The molecular formula is C13H20N2O2. The first-order chi connectivity index (χ1) is 8.11. The second kappa shape index (κ2) is 7.04. The van der Waals surface area contributed by atoms with Gasteiger partial charge in [0.1, 0.15) is 0 Å². The monoisotopic (exact) mass is 236 g/mol. The van der Waals surface area contributed by atoms with Gasteiger partial charge in [0.15, 0.2) is 0 Å². The second-order valence-electron chi connectivity index (χ2n) is 4.27. The van der Waals surface area contributed by atoms with Crippen molar-refractivity contribution in [2.45, 2.75) is 12.8 Å². The highest BCUT2D eigenvalue weighted by Crippen LogP contribution is 2.10. The van der Waals surface area contributed by atoms with Gasteiger partial charge in [-0.3, -0.25) is 4.79 Å². The second-order valence-corrected chi connectivity index (χ2v) is 4.27. The summed E-state index contributed by atoms with van der Waals surface area (Å²) in [4.78, 5) is 13.5. The van der Waals surface area contributed by atoms with Crippen LogP contribution in [0.5, 0.6) is 0 Å². The molecule has 0 saturated carbocycles. The maximum absolute atomic E-state index is 11.5. The average molecular weight is 236 g/mol. The summed E-state index contributed by atoms with van der Waals surface area (Å²) in [5, 5.41) is 11.6. The van der Waals surface area contributed by atoms with Crippen LogP contribution in [0.15, 0.2) is 24.3 Å². The molecular weight excluding hydrogens is 216 g/mol. The van der Waals surface area contributed by atoms with E-state index < -0.39 is 0 Å². The predicted octanol–water partition coefficient (Wildman–Crippen LogP) is 1.11. The summed E-state index contributed by atoms with van der Waals surface area (Å²) in [6, 6.07) is 7.55. The molecule has 0 aliphatic carbocycles. The Kier molecular flexibility index (Phi) is 5.66. The normalized spacial score (nSPS) is 10.6. The fourth-order valence-electron chi connectivity index (χ4n) is 1.43. The molecule has 1 amide bonds. The lowest BCUT2D eigenvalue weighted by molar-refractivity contribution is -0.116. The van der Waals surface area contributed by atoms with Gasteiger partial charge in [-0.25, -0.2) is 0 Å². The third kappa shape index (κ3) is 5.47. The van der Waals surface area contributed by atoms with Crippen molar-refractivity contribution in [3.63, 3.8) is 0 Å². The number of carbonyl (C=O) groups excluding carboxylic acids is 1. The summed E-state index contributed by atoms with van der Waals surface area (Å²) in [6.07, 6.45) is 1.14. The van der Waals surface area contributed by atoms with Gasteiger partial charge in [-0.05, 0) is 38.2 Å². The zero-order chi connectivity index (χ0) is 12.7. The van der Waals surface area contributed by atoms with Gasteiger partial charge in [0.25, 0.3) is 0 Å². The van der Waals surface area contributed by atoms with Gasteiger partial charge in [-0.2, -0.15) is 0 Å². The lowest BCUT2D eigenvalue weighted by Crippen LogP contribution is -2.20. The van der Waals surface area contributed by atoms with Crippen LogP contribution in [0.2, 0.25) is 0 Å². The molecule has 0 radical (unpaired) electrons. The molecule has 0 aliphatic heterocycles. The molecule has 0 bridgehead atoms. The van der Waals surface area contributed by atoms with E-state index in [1.165, 1.54) is 0 Å². The minimum absolute atomic E-state index is 0.0219. The van der Waals surface area contributed by atoms with Crippen molar-refractivity contribution in [2.75, 3.05) is 32.6 Å². The van der Waals surface area contributed by atoms with Crippen molar-refractivity contribution in [3.8, 4) is 0 Å². The van der Waals surface area contributed by atoms with Gasteiger partial charge in [-0.15, -0.1) is 0 Å². The molecule has 0 atom stereocenters. The average Bonchev–Trinajstić information content (AvgIpc) is 2.29. The topological polar surface area (TPSA) is 52.6 Å². The van der Waals surface area contributed by atoms with Crippen LogP contribution < -0.4 is 5.32 Å². The number of anilines is 1. The molecule has 0 aromatic heterocycles. The van der Waals surface area contributed by atoms with Crippen molar-refractivity contribution >= 4 is 11.6 Å². The lowest BCUT2D eigenvalue weighted by atomic mass is 10.1. The molecule has 1 aromatic carbocycles. The standard InChI is InChI=1S/C13H20N2O2/c1-15(2)9-7-13(17)14-12-5-3-11(4-6-12)8-10-16/h3-6,16H,7-10H2,1-2H3,(H,14,17). The summed E-state index contributed by atoms with van der Waals surface area (Å²) in [5.41, 5.74) is 1.87. The number of rotatable bonds is 6. The van der Waals surface area contributed by atoms with Crippen LogP contribution in [-0.2, 0) is 11.2 Å². The molecule has 4 heteroatoms. The van der Waals surface area contributed by atoms with E-state index in [1.54, 1.807) is 0 Å². The van der Waals surface area contributed by atoms with Crippen molar-refractivity contribution < 1.29 is 9.90 Å². The lowest BCUT2D eigenvalue weighted by Gasteiger charge is -2.10. The molecule has 0 heterocycles. The van der Waals surface area contributed by atoms with E-state index in [1.807, 2.05) is 43.3 Å². The van der Waals surface area contributed by atoms with Crippen molar-refractivity contribution in [3.05, 3.63) is 29.8 Å². The summed E-state index contributed by atoms with van der Waals surface area (Å²) >= 11 is 0. The number of carbonyl (C=O) groups is 1. The summed E-state index contributed by atoms with van der Waals surface area (Å²) < 4.78 is 0. The number of hydrogen-bond acceptors (Lipinski definition) is 3. The fourth-order valence-corrected chi connectivity index (χ4v) is 1.43. The number of benzene rings is 1. The molecule has 94 valence electrons. The van der Waals surface area contributed by atoms with Gasteiger partial charge in [-0.1, -0.05) is 12.1 Å². The summed E-state index contributed by atoms with van der Waals surface area (Å²) in [5.74, 6) is 0.0219. The van der Waals surface area contributed by atoms with Crippen molar-refractivity contribution in [2.24, 2.45) is 0 Å². The number of nitrogens with zero attached hydrogens (tertiary/aromatic N) is 1. The van der Waals surface area contributed by atoms with E-state index >= 15 is 0 Å². The molecule has 0 saturated heterocycles. The molecule has 1 aromatic rings. The highest BCUT2D eigenvalue weighted by atomic mass is 16.2. The molecule has 17 heavy (non-hydrogen) atoms. The Balaban J connectivity index is 2.43. The Labute approximate surface area is 102 Å². The first-order valence-electron chi connectivity index (χ1n) is 5.76. The molecule has 2 N–H and O–H groups in total. The summed E-state index contributed by atoms with van der Waals surface area (Å²) in [6.45, 7) is 0.892. The molecule has 4 nitrogen and oxygen atoms in total. The zero-order valence-corrected chi connectivity index (χ0v) is 10.4. The summed E-state index contributed by atoms with van der Waals surface area (Å²) in [7, 11) is 3.88. The largest absolute Gasteiger partial charge is 0.396 e. The van der Waals surface area contributed by atoms with Crippen LogP contribution in [0.4, 0.5) is 5.69 Å². The van der Waals surface area contributed by atoms with Crippen molar-refractivity contribution in [1.82, 2.24) is 4.90 Å². The van der Waals surface area contributed by atoms with E-state index in [4.69, 9.17) is 5.11 Å². The van der Waals surface area contributed by atoms with Gasteiger partial charge < -0.3 is 15.3 Å². The maximum Gasteiger partial charge on any atom is 0.225 e. The van der Waals surface area contributed by atoms with E-state index in [-0.39, 0.29) is 12.5 Å². The Morgan fingerprint density at radius 2 is 1.94 bits per heavy atom. The SMILES string of the molecule is CN(C)CCC(=O)Nc1ccc(CCO)cc1. The number of aliphatic hydroxyl groups is 1. The van der Waals surface area contributed by atoms with Gasteiger partial charge >= 0.3 is 0 Å². The van der Waals surface area contributed by atoms with Gasteiger partial charge in [0, 0.05) is 25.3 Å². The predicted molar refractivity (Wildman–Crippen MR) is 69.0 cm³/mol. The first-order valence-corrected chi connectivity index (χ1v) is 5.76. The van der Waals surface area contributed by atoms with E-state index in [0.29, 0.717) is 12.8 Å². The Morgan fingerprint density at radius 1 is 1.29 bits per heavy atom. The smallest absolute Gasteiger partial charge is 0.225 e. The van der Waals surface area contributed by atoms with Crippen molar-refractivity contribution in [1.29, 1.82) is 0 Å². The zero-order valence-electron chi connectivity index (χ0n) is 10.4. The van der Waals surface area contributed by atoms with E-state index in [0.717, 1.165) is 17.8 Å². The van der Waals surface area contributed by atoms with Crippen LogP contribution in [-0.4, -0.2) is 43.2 Å². The van der Waals surface area contributed by atoms with Crippen LogP contribution >= 0.6 is 0 Å². The van der Waals surface area contributed by atoms with Crippen LogP contribution in [0.25, 0.3) is 0 Å². The Morgan fingerprint density at radius 3 is 2.47 bits per heavy atom. The number of hydrogen-bond donors (Lipinski definition) is 2. The van der Waals surface area contributed by atoms with Gasteiger partial charge in [0.05, 0.1) is 0 Å². The molecule has 0 spiro atoms. The van der Waals surface area contributed by atoms with E-state index in [2.05, 4.69) is 5.32 Å². The van der Waals surface area contributed by atoms with Crippen LogP contribution in [0, 0.1) is 0 Å². The van der Waals surface area contributed by atoms with Gasteiger partial charge in [0.2, 0.25) is 5.91 Å². The van der Waals surface area contributed by atoms with E-state index in [9.17, 15) is 4.79 Å². The molecule has 0 aliphatic rings. The highest BCUT2D eigenvalue weighted by Gasteiger charge is 2.02. The minimum atomic E-state index is 0.0219. The number of amides is 1. The quantitative estimate of drug-likeness (QED) is 0.778. The first kappa shape index (κ1) is 13.7. The third-order valence-corrected chi connectivity index (χ3v) is 2.42. The minimum Gasteiger partial charge on any atom is -0.396 e. The third-order valence-electron chi connectivity index (χ3n) is 2.42. The molecule has 1 rings (SSSR count). The van der Waals surface area contributed by atoms with Crippen LogP contribution in [0.3, 0.4) is 0 Å². The Hall–Kier alpha value is -1.39.